The van der Waals surface area contributed by atoms with Crippen molar-refractivity contribution in [1.29, 1.82) is 0 Å². The lowest BCUT2D eigenvalue weighted by Crippen LogP contribution is -2.16. The van der Waals surface area contributed by atoms with E-state index in [2.05, 4.69) is 13.8 Å². The summed E-state index contributed by atoms with van der Waals surface area (Å²) in [5.41, 5.74) is 5.86. The summed E-state index contributed by atoms with van der Waals surface area (Å²) >= 11 is 0. The van der Waals surface area contributed by atoms with Crippen LogP contribution in [0.2, 0.25) is 0 Å². The van der Waals surface area contributed by atoms with E-state index in [-0.39, 0.29) is 12.7 Å². The molecule has 0 fully saturated rings. The highest BCUT2D eigenvalue weighted by molar-refractivity contribution is 5.64. The molecule has 4 heteroatoms. The van der Waals surface area contributed by atoms with Gasteiger partial charge in [-0.3, -0.25) is 0 Å². The zero-order valence-corrected chi connectivity index (χ0v) is 13.8. The molecule has 0 aliphatic carbocycles. The van der Waals surface area contributed by atoms with Gasteiger partial charge in [0.05, 0.1) is 6.10 Å². The molecular weight excluding hydrogens is 278 g/mol. The van der Waals surface area contributed by atoms with Crippen molar-refractivity contribution >= 4 is 6.09 Å². The number of amides is 1. The number of unbranched alkanes of at least 4 members (excludes halogenated alkanes) is 3. The third kappa shape index (κ3) is 7.91. The summed E-state index contributed by atoms with van der Waals surface area (Å²) in [6.07, 6.45) is 7.92. The predicted octanol–water partition coefficient (Wildman–Crippen LogP) is 4.80. The first-order valence-corrected chi connectivity index (χ1v) is 8.33. The Kier molecular flexibility index (Phi) is 9.12. The molecule has 4 nitrogen and oxygen atoms in total. The van der Waals surface area contributed by atoms with E-state index in [0.29, 0.717) is 0 Å². The fraction of sp³-hybridized carbons (Fsp3) is 0.611. The Morgan fingerprint density at radius 1 is 1.05 bits per heavy atom. The van der Waals surface area contributed by atoms with Crippen molar-refractivity contribution in [2.24, 2.45) is 5.73 Å². The van der Waals surface area contributed by atoms with Gasteiger partial charge in [0.1, 0.15) is 12.4 Å². The minimum absolute atomic E-state index is 0.199. The average molecular weight is 307 g/mol. The lowest BCUT2D eigenvalue weighted by atomic mass is 10.1. The highest BCUT2D eigenvalue weighted by atomic mass is 16.5. The number of benzene rings is 1. The molecule has 0 bridgehead atoms. The van der Waals surface area contributed by atoms with E-state index < -0.39 is 6.09 Å². The van der Waals surface area contributed by atoms with Crippen LogP contribution < -0.4 is 10.5 Å². The number of nitrogens with two attached hydrogens (primary N) is 1. The zero-order chi connectivity index (χ0) is 16.2. The topological polar surface area (TPSA) is 61.6 Å². The van der Waals surface area contributed by atoms with Crippen LogP contribution in [0, 0.1) is 0 Å². The maximum atomic E-state index is 10.6. The summed E-state index contributed by atoms with van der Waals surface area (Å²) in [6.45, 7) is 4.61. The number of hydrogen-bond donors (Lipinski definition) is 1. The Morgan fingerprint density at radius 3 is 2.36 bits per heavy atom. The van der Waals surface area contributed by atoms with Crippen LogP contribution >= 0.6 is 0 Å². The van der Waals surface area contributed by atoms with E-state index in [1.54, 1.807) is 0 Å². The Labute approximate surface area is 134 Å². The SMILES string of the molecule is CCCCCCC(CCC)Oc1ccc(COC(N)=O)cc1. The van der Waals surface area contributed by atoms with E-state index >= 15 is 0 Å². The quantitative estimate of drug-likeness (QED) is 0.597. The van der Waals surface area contributed by atoms with Crippen LogP contribution in [0.4, 0.5) is 4.79 Å². The monoisotopic (exact) mass is 307 g/mol. The standard InChI is InChI=1S/C18H29NO3/c1-3-5-6-7-9-16(8-4-2)22-17-12-10-15(11-13-17)14-21-18(19)20/h10-13,16H,3-9,14H2,1-2H3,(H2,19,20). The fourth-order valence-corrected chi connectivity index (χ4v) is 2.39. The van der Waals surface area contributed by atoms with E-state index in [9.17, 15) is 4.79 Å². The van der Waals surface area contributed by atoms with Crippen LogP contribution in [0.3, 0.4) is 0 Å². The van der Waals surface area contributed by atoms with Gasteiger partial charge in [0, 0.05) is 0 Å². The summed E-state index contributed by atoms with van der Waals surface area (Å²) in [7, 11) is 0. The number of carbonyl (C=O) groups is 1. The molecule has 0 saturated carbocycles. The first-order chi connectivity index (χ1) is 10.7. The van der Waals surface area contributed by atoms with Gasteiger partial charge in [0.25, 0.3) is 0 Å². The van der Waals surface area contributed by atoms with Crippen LogP contribution in [0.25, 0.3) is 0 Å². The van der Waals surface area contributed by atoms with Gasteiger partial charge >= 0.3 is 6.09 Å². The lowest BCUT2D eigenvalue weighted by molar-refractivity contribution is 0.150. The van der Waals surface area contributed by atoms with Gasteiger partial charge in [-0.25, -0.2) is 4.79 Å². The van der Waals surface area contributed by atoms with Crippen molar-refractivity contribution in [2.45, 2.75) is 71.5 Å². The molecule has 1 amide bonds. The Hall–Kier alpha value is -1.71. The van der Waals surface area contributed by atoms with Crippen molar-refractivity contribution in [2.75, 3.05) is 0 Å². The van der Waals surface area contributed by atoms with E-state index in [1.807, 2.05) is 24.3 Å². The second-order valence-electron chi connectivity index (χ2n) is 5.63. The van der Waals surface area contributed by atoms with Gasteiger partial charge in [0.15, 0.2) is 0 Å². The molecule has 1 atom stereocenters. The molecule has 0 aliphatic heterocycles. The predicted molar refractivity (Wildman–Crippen MR) is 88.9 cm³/mol. The number of ether oxygens (including phenoxy) is 2. The number of carbonyl (C=O) groups excluding carboxylic acids is 1. The fourth-order valence-electron chi connectivity index (χ4n) is 2.39. The van der Waals surface area contributed by atoms with Gasteiger partial charge < -0.3 is 15.2 Å². The average Bonchev–Trinajstić information content (AvgIpc) is 2.51. The molecule has 1 unspecified atom stereocenters. The molecule has 0 aromatic heterocycles. The summed E-state index contributed by atoms with van der Waals surface area (Å²) in [5.74, 6) is 0.872. The maximum absolute atomic E-state index is 10.6. The molecule has 1 rings (SSSR count). The Bertz CT molecular complexity index is 417. The summed E-state index contributed by atoms with van der Waals surface area (Å²) in [6, 6.07) is 7.65. The van der Waals surface area contributed by atoms with Crippen molar-refractivity contribution in [1.82, 2.24) is 0 Å². The minimum Gasteiger partial charge on any atom is -0.490 e. The van der Waals surface area contributed by atoms with Gasteiger partial charge in [-0.05, 0) is 37.0 Å². The van der Waals surface area contributed by atoms with Gasteiger partial charge in [-0.1, -0.05) is 51.7 Å². The summed E-state index contributed by atoms with van der Waals surface area (Å²) < 4.78 is 10.8. The third-order valence-corrected chi connectivity index (χ3v) is 3.60. The second-order valence-corrected chi connectivity index (χ2v) is 5.63. The normalized spacial score (nSPS) is 11.9. The van der Waals surface area contributed by atoms with Crippen molar-refractivity contribution in [3.8, 4) is 5.75 Å². The molecule has 2 N–H and O–H groups in total. The second kappa shape index (κ2) is 10.9. The minimum atomic E-state index is -0.754. The zero-order valence-electron chi connectivity index (χ0n) is 13.8. The van der Waals surface area contributed by atoms with E-state index in [0.717, 1.165) is 30.6 Å². The van der Waals surface area contributed by atoms with E-state index in [4.69, 9.17) is 15.2 Å². The summed E-state index contributed by atoms with van der Waals surface area (Å²) in [5, 5.41) is 0. The number of rotatable bonds is 11. The van der Waals surface area contributed by atoms with Crippen molar-refractivity contribution < 1.29 is 14.3 Å². The molecule has 0 aliphatic rings. The molecule has 22 heavy (non-hydrogen) atoms. The molecule has 0 heterocycles. The molecule has 124 valence electrons. The molecule has 1 aromatic rings. The maximum Gasteiger partial charge on any atom is 0.404 e. The van der Waals surface area contributed by atoms with Crippen LogP contribution in [0.1, 0.15) is 64.4 Å². The Morgan fingerprint density at radius 2 is 1.77 bits per heavy atom. The van der Waals surface area contributed by atoms with Crippen LogP contribution in [-0.2, 0) is 11.3 Å². The molecule has 0 saturated heterocycles. The molecular formula is C18H29NO3. The van der Waals surface area contributed by atoms with Gasteiger partial charge in [-0.2, -0.15) is 0 Å². The van der Waals surface area contributed by atoms with Gasteiger partial charge in [0.2, 0.25) is 0 Å². The van der Waals surface area contributed by atoms with Crippen molar-refractivity contribution in [3.05, 3.63) is 29.8 Å². The largest absolute Gasteiger partial charge is 0.490 e. The number of primary amides is 1. The highest BCUT2D eigenvalue weighted by Crippen LogP contribution is 2.19. The molecule has 1 aromatic carbocycles. The van der Waals surface area contributed by atoms with E-state index in [1.165, 1.54) is 25.7 Å². The molecule has 0 radical (unpaired) electrons. The van der Waals surface area contributed by atoms with Crippen LogP contribution in [-0.4, -0.2) is 12.2 Å². The van der Waals surface area contributed by atoms with Gasteiger partial charge in [-0.15, -0.1) is 0 Å². The smallest absolute Gasteiger partial charge is 0.404 e. The van der Waals surface area contributed by atoms with Crippen LogP contribution in [0.5, 0.6) is 5.75 Å². The summed E-state index contributed by atoms with van der Waals surface area (Å²) in [4.78, 5) is 10.6. The van der Waals surface area contributed by atoms with Crippen molar-refractivity contribution in [3.63, 3.8) is 0 Å². The highest BCUT2D eigenvalue weighted by Gasteiger charge is 2.09. The van der Waals surface area contributed by atoms with Crippen LogP contribution in [0.15, 0.2) is 24.3 Å². The first kappa shape index (κ1) is 18.3. The number of hydrogen-bond acceptors (Lipinski definition) is 3. The first-order valence-electron chi connectivity index (χ1n) is 8.33. The lowest BCUT2D eigenvalue weighted by Gasteiger charge is -2.19. The molecule has 0 spiro atoms. The third-order valence-electron chi connectivity index (χ3n) is 3.60. The Balaban J connectivity index is 2.44.